The van der Waals surface area contributed by atoms with E-state index in [9.17, 15) is 13.6 Å². The number of halogens is 2. The molecule has 5 heterocycles. The SMILES string of the molecule is O=C(c1ccccn1)N1CC[C@H](Nc2nc(N3CCOCC3)cc(-n3c(C(F)F)nc4ccccc43)n2)C1. The van der Waals surface area contributed by atoms with Crippen molar-refractivity contribution in [1.29, 1.82) is 0 Å². The van der Waals surface area contributed by atoms with Gasteiger partial charge >= 0.3 is 0 Å². The molecule has 0 radical (unpaired) electrons. The van der Waals surface area contributed by atoms with Gasteiger partial charge in [-0.1, -0.05) is 18.2 Å². The average molecular weight is 521 g/mol. The van der Waals surface area contributed by atoms with Crippen LogP contribution >= 0.6 is 0 Å². The summed E-state index contributed by atoms with van der Waals surface area (Å²) in [7, 11) is 0. The summed E-state index contributed by atoms with van der Waals surface area (Å²) in [6.07, 6.45) is -0.504. The Balaban J connectivity index is 1.33. The van der Waals surface area contributed by atoms with Gasteiger partial charge in [-0.05, 0) is 30.7 Å². The quantitative estimate of drug-likeness (QED) is 0.413. The van der Waals surface area contributed by atoms with Gasteiger partial charge in [-0.2, -0.15) is 9.97 Å². The predicted octanol–water partition coefficient (Wildman–Crippen LogP) is 3.31. The van der Waals surface area contributed by atoms with Crippen LogP contribution < -0.4 is 10.2 Å². The number of aromatic nitrogens is 5. The van der Waals surface area contributed by atoms with Crippen molar-refractivity contribution in [2.24, 2.45) is 0 Å². The third kappa shape index (κ3) is 4.74. The number of nitrogens with zero attached hydrogens (tertiary/aromatic N) is 7. The number of hydrogen-bond acceptors (Lipinski definition) is 8. The first kappa shape index (κ1) is 24.2. The highest BCUT2D eigenvalue weighted by Crippen LogP contribution is 2.29. The smallest absolute Gasteiger partial charge is 0.296 e. The molecule has 0 aliphatic carbocycles. The van der Waals surface area contributed by atoms with E-state index in [-0.39, 0.29) is 17.8 Å². The minimum absolute atomic E-state index is 0.107. The van der Waals surface area contributed by atoms with Crippen molar-refractivity contribution in [2.75, 3.05) is 49.6 Å². The molecule has 38 heavy (non-hydrogen) atoms. The first-order valence-electron chi connectivity index (χ1n) is 12.5. The van der Waals surface area contributed by atoms with Gasteiger partial charge < -0.3 is 19.9 Å². The van der Waals surface area contributed by atoms with Crippen LogP contribution in [0.1, 0.15) is 29.2 Å². The summed E-state index contributed by atoms with van der Waals surface area (Å²) < 4.78 is 35.0. The van der Waals surface area contributed by atoms with E-state index in [1.54, 1.807) is 59.6 Å². The Morgan fingerprint density at radius 1 is 1.00 bits per heavy atom. The minimum atomic E-state index is -2.79. The summed E-state index contributed by atoms with van der Waals surface area (Å²) in [5.74, 6) is 0.701. The number of amides is 1. The third-order valence-corrected chi connectivity index (χ3v) is 6.74. The third-order valence-electron chi connectivity index (χ3n) is 6.74. The zero-order chi connectivity index (χ0) is 26.1. The number of fused-ring (bicyclic) bond motifs is 1. The van der Waals surface area contributed by atoms with Crippen molar-refractivity contribution in [3.63, 3.8) is 0 Å². The first-order chi connectivity index (χ1) is 18.6. The fraction of sp³-hybridized carbons (Fsp3) is 0.346. The van der Waals surface area contributed by atoms with Crippen LogP contribution in [0.25, 0.3) is 16.9 Å². The second kappa shape index (κ2) is 10.3. The van der Waals surface area contributed by atoms with Gasteiger partial charge in [0.05, 0.1) is 24.2 Å². The van der Waals surface area contributed by atoms with Gasteiger partial charge in [0.15, 0.2) is 5.82 Å². The van der Waals surface area contributed by atoms with E-state index >= 15 is 0 Å². The Bertz CT molecular complexity index is 1440. The maximum Gasteiger partial charge on any atom is 0.296 e. The summed E-state index contributed by atoms with van der Waals surface area (Å²) in [4.78, 5) is 34.3. The standard InChI is InChI=1S/C26H26F2N8O2/c27-23(28)24-31-18-5-1-2-7-20(18)36(24)22-15-21(34-11-13-38-14-12-34)32-26(33-22)30-17-8-10-35(16-17)25(37)19-6-3-4-9-29-19/h1-7,9,15,17,23H,8,10-14,16H2,(H,30,32,33)/t17-/m0/s1. The molecule has 2 saturated heterocycles. The Morgan fingerprint density at radius 3 is 2.58 bits per heavy atom. The molecule has 1 aromatic carbocycles. The number of carbonyl (C=O) groups is 1. The topological polar surface area (TPSA) is 101 Å². The molecule has 12 heteroatoms. The highest BCUT2D eigenvalue weighted by molar-refractivity contribution is 5.92. The van der Waals surface area contributed by atoms with Crippen molar-refractivity contribution in [2.45, 2.75) is 18.9 Å². The Labute approximate surface area is 217 Å². The number of benzene rings is 1. The van der Waals surface area contributed by atoms with E-state index in [2.05, 4.69) is 20.3 Å². The molecule has 1 N–H and O–H groups in total. The first-order valence-corrected chi connectivity index (χ1v) is 12.5. The highest BCUT2D eigenvalue weighted by atomic mass is 19.3. The van der Waals surface area contributed by atoms with Crippen LogP contribution in [0.5, 0.6) is 0 Å². The highest BCUT2D eigenvalue weighted by Gasteiger charge is 2.29. The number of rotatable bonds is 6. The van der Waals surface area contributed by atoms with Crippen molar-refractivity contribution in [1.82, 2.24) is 29.4 Å². The summed E-state index contributed by atoms with van der Waals surface area (Å²) >= 11 is 0. The molecule has 1 atom stereocenters. The summed E-state index contributed by atoms with van der Waals surface area (Å²) in [5, 5.41) is 3.34. The number of pyridine rings is 1. The molecule has 0 unspecified atom stereocenters. The number of likely N-dealkylation sites (tertiary alicyclic amines) is 1. The lowest BCUT2D eigenvalue weighted by Gasteiger charge is -2.28. The molecule has 0 spiro atoms. The fourth-order valence-electron chi connectivity index (χ4n) is 4.88. The van der Waals surface area contributed by atoms with Crippen LogP contribution in [0, 0.1) is 0 Å². The van der Waals surface area contributed by atoms with Crippen molar-refractivity contribution in [3.05, 3.63) is 66.2 Å². The molecule has 3 aromatic heterocycles. The van der Waals surface area contributed by atoms with Gasteiger partial charge in [0.25, 0.3) is 12.3 Å². The summed E-state index contributed by atoms with van der Waals surface area (Å²) in [6, 6.07) is 13.8. The van der Waals surface area contributed by atoms with Gasteiger partial charge in [0.2, 0.25) is 5.95 Å². The second-order valence-corrected chi connectivity index (χ2v) is 9.20. The fourth-order valence-corrected chi connectivity index (χ4v) is 4.88. The Kier molecular flexibility index (Phi) is 6.54. The van der Waals surface area contributed by atoms with Crippen LogP contribution in [-0.2, 0) is 4.74 Å². The van der Waals surface area contributed by atoms with Crippen LogP contribution in [0.15, 0.2) is 54.7 Å². The molecular formula is C26H26F2N8O2. The lowest BCUT2D eigenvalue weighted by molar-refractivity contribution is 0.0785. The van der Waals surface area contributed by atoms with Crippen LogP contribution in [0.2, 0.25) is 0 Å². The van der Waals surface area contributed by atoms with Gasteiger partial charge in [-0.15, -0.1) is 0 Å². The maximum atomic E-state index is 14.1. The Hall–Kier alpha value is -4.19. The molecule has 10 nitrogen and oxygen atoms in total. The van der Waals surface area contributed by atoms with E-state index in [0.717, 1.165) is 0 Å². The lowest BCUT2D eigenvalue weighted by atomic mass is 10.3. The number of nitrogens with one attached hydrogen (secondary N) is 1. The lowest BCUT2D eigenvalue weighted by Crippen LogP contribution is -2.37. The molecule has 4 aromatic rings. The molecule has 2 aliphatic rings. The van der Waals surface area contributed by atoms with E-state index in [1.165, 1.54) is 4.57 Å². The van der Waals surface area contributed by atoms with Crippen LogP contribution in [0.4, 0.5) is 20.5 Å². The molecule has 0 bridgehead atoms. The van der Waals surface area contributed by atoms with E-state index < -0.39 is 6.43 Å². The molecule has 6 rings (SSSR count). The number of alkyl halides is 2. The van der Waals surface area contributed by atoms with Crippen LogP contribution in [-0.4, -0.2) is 80.7 Å². The van der Waals surface area contributed by atoms with Crippen LogP contribution in [0.3, 0.4) is 0 Å². The van der Waals surface area contributed by atoms with Gasteiger partial charge in [0.1, 0.15) is 17.3 Å². The van der Waals surface area contributed by atoms with E-state index in [4.69, 9.17) is 9.72 Å². The van der Waals surface area contributed by atoms with E-state index in [0.29, 0.717) is 80.1 Å². The number of ether oxygens (including phenoxy) is 1. The van der Waals surface area contributed by atoms with Gasteiger partial charge in [-0.25, -0.2) is 13.8 Å². The van der Waals surface area contributed by atoms with Crippen molar-refractivity contribution >= 4 is 28.7 Å². The largest absolute Gasteiger partial charge is 0.378 e. The second-order valence-electron chi connectivity index (χ2n) is 9.20. The van der Waals surface area contributed by atoms with E-state index in [1.807, 2.05) is 4.90 Å². The predicted molar refractivity (Wildman–Crippen MR) is 137 cm³/mol. The molecular weight excluding hydrogens is 494 g/mol. The summed E-state index contributed by atoms with van der Waals surface area (Å²) in [6.45, 7) is 3.35. The zero-order valence-electron chi connectivity index (χ0n) is 20.5. The van der Waals surface area contributed by atoms with Crippen molar-refractivity contribution < 1.29 is 18.3 Å². The van der Waals surface area contributed by atoms with Gasteiger partial charge in [0, 0.05) is 44.5 Å². The molecule has 196 valence electrons. The van der Waals surface area contributed by atoms with Gasteiger partial charge in [-0.3, -0.25) is 14.3 Å². The number of imidazole rings is 1. The number of morpholine rings is 1. The summed E-state index contributed by atoms with van der Waals surface area (Å²) in [5.41, 5.74) is 1.39. The number of anilines is 2. The molecule has 2 aliphatic heterocycles. The van der Waals surface area contributed by atoms with Crippen molar-refractivity contribution in [3.8, 4) is 5.82 Å². The monoisotopic (exact) mass is 520 g/mol. The number of para-hydroxylation sites is 2. The number of hydrogen-bond donors (Lipinski definition) is 1. The maximum absolute atomic E-state index is 14.1. The number of carbonyl (C=O) groups excluding carboxylic acids is 1. The normalized spacial score (nSPS) is 17.9. The zero-order valence-corrected chi connectivity index (χ0v) is 20.5. The average Bonchev–Trinajstić information content (AvgIpc) is 3.58. The minimum Gasteiger partial charge on any atom is -0.378 e. The molecule has 0 saturated carbocycles. The molecule has 2 fully saturated rings. The Morgan fingerprint density at radius 2 is 1.79 bits per heavy atom. The molecule has 1 amide bonds.